The summed E-state index contributed by atoms with van der Waals surface area (Å²) in [5.74, 6) is -0.293. The van der Waals surface area contributed by atoms with Gasteiger partial charge in [-0.15, -0.1) is 11.3 Å². The maximum absolute atomic E-state index is 13.3. The fourth-order valence-corrected chi connectivity index (χ4v) is 3.62. The highest BCUT2D eigenvalue weighted by Gasteiger charge is 2.26. The summed E-state index contributed by atoms with van der Waals surface area (Å²) in [6.07, 6.45) is 0.394. The molecule has 96 valence electrons. The van der Waals surface area contributed by atoms with Crippen molar-refractivity contribution in [1.29, 1.82) is 0 Å². The van der Waals surface area contributed by atoms with Crippen LogP contribution >= 0.6 is 27.3 Å². The third-order valence-electron chi connectivity index (χ3n) is 2.82. The van der Waals surface area contributed by atoms with Gasteiger partial charge in [0.25, 0.3) is 0 Å². The molecule has 0 saturated carbocycles. The van der Waals surface area contributed by atoms with Crippen LogP contribution < -0.4 is 0 Å². The molecule has 1 atom stereocenters. The average Bonchev–Trinajstić information content (AvgIpc) is 2.62. The number of benzene rings is 1. The van der Waals surface area contributed by atoms with Crippen LogP contribution in [-0.4, -0.2) is 5.11 Å². The minimum Gasteiger partial charge on any atom is -0.384 e. The lowest BCUT2D eigenvalue weighted by Crippen LogP contribution is -2.23. The second-order valence-electron chi connectivity index (χ2n) is 4.66. The van der Waals surface area contributed by atoms with Crippen molar-refractivity contribution < 1.29 is 9.50 Å². The van der Waals surface area contributed by atoms with E-state index in [0.29, 0.717) is 10.9 Å². The topological polar surface area (TPSA) is 20.2 Å². The van der Waals surface area contributed by atoms with Gasteiger partial charge in [-0.3, -0.25) is 0 Å². The van der Waals surface area contributed by atoms with Crippen molar-refractivity contribution in [3.63, 3.8) is 0 Å². The smallest absolute Gasteiger partial charge is 0.124 e. The van der Waals surface area contributed by atoms with E-state index in [1.807, 2.05) is 24.4 Å². The summed E-state index contributed by atoms with van der Waals surface area (Å²) in [6, 6.07) is 6.69. The molecule has 1 heterocycles. The van der Waals surface area contributed by atoms with Gasteiger partial charge in [-0.05, 0) is 54.6 Å². The van der Waals surface area contributed by atoms with Crippen molar-refractivity contribution in [2.75, 3.05) is 0 Å². The number of hydrogen-bond donors (Lipinski definition) is 1. The quantitative estimate of drug-likeness (QED) is 0.884. The Morgan fingerprint density at radius 2 is 2.11 bits per heavy atom. The van der Waals surface area contributed by atoms with Crippen molar-refractivity contribution in [3.8, 4) is 0 Å². The van der Waals surface area contributed by atoms with E-state index in [2.05, 4.69) is 15.9 Å². The molecule has 1 N–H and O–H groups in total. The monoisotopic (exact) mass is 328 g/mol. The molecule has 0 saturated heterocycles. The minimum absolute atomic E-state index is 0.293. The third kappa shape index (κ3) is 2.99. The van der Waals surface area contributed by atoms with E-state index in [0.717, 1.165) is 16.0 Å². The molecule has 1 unspecified atom stereocenters. The predicted molar refractivity (Wildman–Crippen MR) is 76.4 cm³/mol. The van der Waals surface area contributed by atoms with Gasteiger partial charge in [-0.25, -0.2) is 4.39 Å². The molecular formula is C14H14BrFOS. The fourth-order valence-electron chi connectivity index (χ4n) is 2.12. The van der Waals surface area contributed by atoms with Gasteiger partial charge in [0.2, 0.25) is 0 Å². The zero-order chi connectivity index (χ0) is 13.3. The van der Waals surface area contributed by atoms with Gasteiger partial charge in [0.15, 0.2) is 0 Å². The van der Waals surface area contributed by atoms with Crippen LogP contribution in [0.25, 0.3) is 0 Å². The number of hydrogen-bond acceptors (Lipinski definition) is 2. The van der Waals surface area contributed by atoms with Crippen LogP contribution in [0.15, 0.2) is 34.1 Å². The van der Waals surface area contributed by atoms with Crippen LogP contribution in [0.1, 0.15) is 22.9 Å². The first-order chi connectivity index (χ1) is 8.38. The maximum Gasteiger partial charge on any atom is 0.124 e. The van der Waals surface area contributed by atoms with Crippen LogP contribution in [0.3, 0.4) is 0 Å². The number of aryl methyl sites for hydroxylation is 1. The summed E-state index contributed by atoms with van der Waals surface area (Å²) in [6.45, 7) is 3.74. The third-order valence-corrected chi connectivity index (χ3v) is 4.55. The van der Waals surface area contributed by atoms with Crippen LogP contribution in [-0.2, 0) is 12.0 Å². The van der Waals surface area contributed by atoms with E-state index in [1.54, 1.807) is 6.92 Å². The molecule has 1 aromatic carbocycles. The van der Waals surface area contributed by atoms with Gasteiger partial charge in [-0.2, -0.15) is 0 Å². The predicted octanol–water partition coefficient (Wildman–Crippen LogP) is 4.41. The van der Waals surface area contributed by atoms with Crippen LogP contribution in [0.4, 0.5) is 4.39 Å². The summed E-state index contributed by atoms with van der Waals surface area (Å²) in [5, 5.41) is 12.5. The van der Waals surface area contributed by atoms with E-state index < -0.39 is 5.60 Å². The van der Waals surface area contributed by atoms with E-state index in [9.17, 15) is 9.50 Å². The average molecular weight is 329 g/mol. The van der Waals surface area contributed by atoms with Crippen molar-refractivity contribution in [1.82, 2.24) is 0 Å². The summed E-state index contributed by atoms with van der Waals surface area (Å²) in [5.41, 5.74) is 0.881. The van der Waals surface area contributed by atoms with Gasteiger partial charge in [-0.1, -0.05) is 15.9 Å². The molecule has 0 aliphatic heterocycles. The molecule has 0 radical (unpaired) electrons. The van der Waals surface area contributed by atoms with Crippen LogP contribution in [0.2, 0.25) is 0 Å². The molecular weight excluding hydrogens is 315 g/mol. The van der Waals surface area contributed by atoms with Gasteiger partial charge < -0.3 is 5.11 Å². The van der Waals surface area contributed by atoms with Crippen molar-refractivity contribution >= 4 is 27.3 Å². The highest BCUT2D eigenvalue weighted by Crippen LogP contribution is 2.32. The Balaban J connectivity index is 2.30. The summed E-state index contributed by atoms with van der Waals surface area (Å²) < 4.78 is 14.0. The van der Waals surface area contributed by atoms with Gasteiger partial charge >= 0.3 is 0 Å². The highest BCUT2D eigenvalue weighted by molar-refractivity contribution is 9.10. The first kappa shape index (κ1) is 13.7. The lowest BCUT2D eigenvalue weighted by molar-refractivity contribution is 0.0608. The molecule has 0 fully saturated rings. The molecule has 1 nitrogen and oxygen atoms in total. The second kappa shape index (κ2) is 5.11. The molecule has 0 spiro atoms. The summed E-state index contributed by atoms with van der Waals surface area (Å²) in [7, 11) is 0. The van der Waals surface area contributed by atoms with Gasteiger partial charge in [0.1, 0.15) is 11.4 Å². The standard InChI is InChI=1S/C14H14BrFOS/c1-9-3-4-18-13(9)14(2,17)8-10-5-11(15)7-12(16)6-10/h3-7,17H,8H2,1-2H3. The van der Waals surface area contributed by atoms with Gasteiger partial charge in [0, 0.05) is 15.8 Å². The Hall–Kier alpha value is -0.710. The number of thiophene rings is 1. The van der Waals surface area contributed by atoms with E-state index >= 15 is 0 Å². The largest absolute Gasteiger partial charge is 0.384 e. The van der Waals surface area contributed by atoms with Gasteiger partial charge in [0.05, 0.1) is 0 Å². The molecule has 0 aliphatic carbocycles. The van der Waals surface area contributed by atoms with E-state index in [4.69, 9.17) is 0 Å². The fraction of sp³-hybridized carbons (Fsp3) is 0.286. The highest BCUT2D eigenvalue weighted by atomic mass is 79.9. The van der Waals surface area contributed by atoms with Crippen molar-refractivity contribution in [2.24, 2.45) is 0 Å². The molecule has 0 amide bonds. The first-order valence-electron chi connectivity index (χ1n) is 5.60. The van der Waals surface area contributed by atoms with E-state index in [1.165, 1.54) is 23.5 Å². The molecule has 4 heteroatoms. The molecule has 18 heavy (non-hydrogen) atoms. The lowest BCUT2D eigenvalue weighted by atomic mass is 9.93. The lowest BCUT2D eigenvalue weighted by Gasteiger charge is -2.23. The molecule has 0 aliphatic rings. The zero-order valence-electron chi connectivity index (χ0n) is 10.2. The molecule has 2 aromatic rings. The number of aliphatic hydroxyl groups is 1. The Labute approximate surface area is 118 Å². The zero-order valence-corrected chi connectivity index (χ0v) is 12.6. The first-order valence-corrected chi connectivity index (χ1v) is 7.28. The van der Waals surface area contributed by atoms with Crippen molar-refractivity contribution in [3.05, 3.63) is 55.9 Å². The Bertz CT molecular complexity index is 542. The van der Waals surface area contributed by atoms with E-state index in [-0.39, 0.29) is 5.82 Å². The Morgan fingerprint density at radius 3 is 2.67 bits per heavy atom. The minimum atomic E-state index is -0.967. The van der Waals surface area contributed by atoms with Crippen LogP contribution in [0.5, 0.6) is 0 Å². The molecule has 0 bridgehead atoms. The summed E-state index contributed by atoms with van der Waals surface area (Å²) >= 11 is 4.79. The van der Waals surface area contributed by atoms with Crippen LogP contribution in [0, 0.1) is 12.7 Å². The maximum atomic E-state index is 13.3. The Morgan fingerprint density at radius 1 is 1.39 bits per heavy atom. The normalized spacial score (nSPS) is 14.5. The Kier molecular flexibility index (Phi) is 3.90. The number of rotatable bonds is 3. The second-order valence-corrected chi connectivity index (χ2v) is 6.49. The SMILES string of the molecule is Cc1ccsc1C(C)(O)Cc1cc(F)cc(Br)c1. The molecule has 1 aromatic heterocycles. The summed E-state index contributed by atoms with van der Waals surface area (Å²) in [4.78, 5) is 0.933. The number of halogens is 2. The van der Waals surface area contributed by atoms with Crippen molar-refractivity contribution in [2.45, 2.75) is 25.9 Å². The molecule has 2 rings (SSSR count).